The van der Waals surface area contributed by atoms with Gasteiger partial charge in [0.15, 0.2) is 6.61 Å². The summed E-state index contributed by atoms with van der Waals surface area (Å²) < 4.78 is 18.4. The van der Waals surface area contributed by atoms with E-state index in [0.717, 1.165) is 25.7 Å². The van der Waals surface area contributed by atoms with Crippen molar-refractivity contribution in [2.24, 2.45) is 17.6 Å². The first-order valence-corrected chi connectivity index (χ1v) is 8.53. The molecule has 0 radical (unpaired) electrons. The zero-order valence-corrected chi connectivity index (χ0v) is 14.9. The van der Waals surface area contributed by atoms with Gasteiger partial charge in [-0.15, -0.1) is 12.4 Å². The van der Waals surface area contributed by atoms with Crippen molar-refractivity contribution in [1.82, 2.24) is 5.32 Å². The van der Waals surface area contributed by atoms with E-state index < -0.39 is 5.82 Å². The third-order valence-electron chi connectivity index (χ3n) is 4.96. The van der Waals surface area contributed by atoms with E-state index in [-0.39, 0.29) is 42.0 Å². The lowest BCUT2D eigenvalue weighted by Gasteiger charge is -2.45. The van der Waals surface area contributed by atoms with Gasteiger partial charge in [-0.3, -0.25) is 4.79 Å². The molecule has 3 rings (SSSR count). The molecule has 3 N–H and O–H groups in total. The molecule has 134 valence electrons. The Hall–Kier alpha value is -1.04. The van der Waals surface area contributed by atoms with Gasteiger partial charge in [0, 0.05) is 12.1 Å². The third kappa shape index (κ3) is 4.52. The fourth-order valence-electron chi connectivity index (χ4n) is 3.99. The Balaban J connectivity index is 0.00000208. The third-order valence-corrected chi connectivity index (χ3v) is 5.25. The molecule has 1 amide bonds. The van der Waals surface area contributed by atoms with E-state index in [1.54, 1.807) is 0 Å². The predicted octanol–water partition coefficient (Wildman–Crippen LogP) is 3.30. The van der Waals surface area contributed by atoms with Crippen LogP contribution in [0.25, 0.3) is 0 Å². The van der Waals surface area contributed by atoms with E-state index in [1.807, 2.05) is 0 Å². The normalized spacial score (nSPS) is 28.6. The number of nitrogens with one attached hydrogen (secondary N) is 1. The maximum atomic E-state index is 13.0. The lowest BCUT2D eigenvalue weighted by molar-refractivity contribution is -0.125. The highest BCUT2D eigenvalue weighted by Crippen LogP contribution is 2.39. The van der Waals surface area contributed by atoms with Crippen LogP contribution in [0.15, 0.2) is 18.2 Å². The Morgan fingerprint density at radius 3 is 2.62 bits per heavy atom. The molecule has 0 heterocycles. The van der Waals surface area contributed by atoms with Crippen LogP contribution < -0.4 is 15.8 Å². The molecule has 24 heavy (non-hydrogen) atoms. The number of nitrogens with two attached hydrogens (primary N) is 1. The van der Waals surface area contributed by atoms with E-state index in [9.17, 15) is 9.18 Å². The van der Waals surface area contributed by atoms with Crippen LogP contribution in [0.1, 0.15) is 32.1 Å². The molecule has 2 aliphatic carbocycles. The second-order valence-electron chi connectivity index (χ2n) is 6.64. The van der Waals surface area contributed by atoms with E-state index in [1.165, 1.54) is 24.6 Å². The van der Waals surface area contributed by atoms with Gasteiger partial charge in [0.1, 0.15) is 11.6 Å². The first-order chi connectivity index (χ1) is 11.0. The Morgan fingerprint density at radius 2 is 2.00 bits per heavy atom. The van der Waals surface area contributed by atoms with Crippen molar-refractivity contribution in [3.63, 3.8) is 0 Å². The Morgan fingerprint density at radius 1 is 1.33 bits per heavy atom. The summed E-state index contributed by atoms with van der Waals surface area (Å²) >= 11 is 5.89. The fourth-order valence-corrected chi connectivity index (χ4v) is 4.21. The molecule has 0 aromatic heterocycles. The van der Waals surface area contributed by atoms with Crippen LogP contribution in [0.4, 0.5) is 4.39 Å². The Kier molecular flexibility index (Phi) is 6.72. The summed E-state index contributed by atoms with van der Waals surface area (Å²) in [6.45, 7) is -0.118. The maximum Gasteiger partial charge on any atom is 0.258 e. The van der Waals surface area contributed by atoms with Gasteiger partial charge >= 0.3 is 0 Å². The number of ether oxygens (including phenoxy) is 1. The standard InChI is InChI=1S/C17H22ClFN2O2.ClH/c18-14-8-12(19)4-5-15(14)23-9-16(22)21-17-10-2-1-3-11(17)7-13(20)6-10;/h4-5,8,10-11,13,17H,1-3,6-7,9,20H2,(H,21,22);1H. The summed E-state index contributed by atoms with van der Waals surface area (Å²) in [7, 11) is 0. The molecule has 2 unspecified atom stereocenters. The Labute approximate surface area is 152 Å². The number of hydrogen-bond acceptors (Lipinski definition) is 3. The minimum absolute atomic E-state index is 0. The molecule has 0 saturated heterocycles. The molecule has 2 atom stereocenters. The smallest absolute Gasteiger partial charge is 0.258 e. The van der Waals surface area contributed by atoms with Gasteiger partial charge in [-0.2, -0.15) is 0 Å². The SMILES string of the molecule is Cl.NC1CC2CCCC(C1)C2NC(=O)COc1ccc(F)cc1Cl. The van der Waals surface area contributed by atoms with Crippen molar-refractivity contribution < 1.29 is 13.9 Å². The molecule has 4 nitrogen and oxygen atoms in total. The van der Waals surface area contributed by atoms with Gasteiger partial charge in [-0.25, -0.2) is 4.39 Å². The zero-order valence-electron chi connectivity index (χ0n) is 13.3. The van der Waals surface area contributed by atoms with Crippen LogP contribution in [-0.4, -0.2) is 24.6 Å². The second kappa shape index (κ2) is 8.37. The summed E-state index contributed by atoms with van der Waals surface area (Å²) in [5, 5.41) is 3.27. The number of hydrogen-bond donors (Lipinski definition) is 2. The average Bonchev–Trinajstić information content (AvgIpc) is 2.47. The minimum atomic E-state index is -0.432. The van der Waals surface area contributed by atoms with Crippen LogP contribution in [0.2, 0.25) is 5.02 Å². The van der Waals surface area contributed by atoms with Crippen LogP contribution >= 0.6 is 24.0 Å². The molecule has 1 aromatic rings. The molecule has 1 aromatic carbocycles. The summed E-state index contributed by atoms with van der Waals surface area (Å²) in [4.78, 5) is 12.2. The molecular formula is C17H23Cl2FN2O2. The molecule has 0 spiro atoms. The van der Waals surface area contributed by atoms with Crippen molar-refractivity contribution in [3.05, 3.63) is 29.0 Å². The predicted molar refractivity (Wildman–Crippen MR) is 94.1 cm³/mol. The van der Waals surface area contributed by atoms with Crippen molar-refractivity contribution in [1.29, 1.82) is 0 Å². The molecule has 2 fully saturated rings. The fraction of sp³-hybridized carbons (Fsp3) is 0.588. The van der Waals surface area contributed by atoms with Gasteiger partial charge in [0.25, 0.3) is 5.91 Å². The highest BCUT2D eigenvalue weighted by molar-refractivity contribution is 6.32. The topological polar surface area (TPSA) is 64.3 Å². The molecule has 2 aliphatic rings. The van der Waals surface area contributed by atoms with Gasteiger partial charge in [0.05, 0.1) is 5.02 Å². The van der Waals surface area contributed by atoms with E-state index in [0.29, 0.717) is 17.6 Å². The van der Waals surface area contributed by atoms with Gasteiger partial charge < -0.3 is 15.8 Å². The number of halogens is 3. The van der Waals surface area contributed by atoms with Crippen molar-refractivity contribution in [2.75, 3.05) is 6.61 Å². The average molecular weight is 377 g/mol. The molecule has 7 heteroatoms. The van der Waals surface area contributed by atoms with Gasteiger partial charge in [-0.05, 0) is 55.7 Å². The number of benzene rings is 1. The number of carbonyl (C=O) groups excluding carboxylic acids is 1. The van der Waals surface area contributed by atoms with Crippen LogP contribution in [0, 0.1) is 17.7 Å². The lowest BCUT2D eigenvalue weighted by atomic mass is 9.67. The summed E-state index contributed by atoms with van der Waals surface area (Å²) in [5.74, 6) is 0.654. The van der Waals surface area contributed by atoms with Gasteiger partial charge in [0.2, 0.25) is 0 Å². The van der Waals surface area contributed by atoms with E-state index in [4.69, 9.17) is 22.1 Å². The van der Waals surface area contributed by atoms with Gasteiger partial charge in [-0.1, -0.05) is 18.0 Å². The first kappa shape index (κ1) is 19.3. The van der Waals surface area contributed by atoms with Crippen LogP contribution in [-0.2, 0) is 4.79 Å². The largest absolute Gasteiger partial charge is 0.482 e. The quantitative estimate of drug-likeness (QED) is 0.846. The summed E-state index contributed by atoms with van der Waals surface area (Å²) in [5.41, 5.74) is 6.10. The highest BCUT2D eigenvalue weighted by atomic mass is 35.5. The van der Waals surface area contributed by atoms with Crippen molar-refractivity contribution in [2.45, 2.75) is 44.2 Å². The van der Waals surface area contributed by atoms with E-state index in [2.05, 4.69) is 5.32 Å². The molecule has 0 aliphatic heterocycles. The van der Waals surface area contributed by atoms with Crippen molar-refractivity contribution >= 4 is 29.9 Å². The number of fused-ring (bicyclic) bond motifs is 2. The first-order valence-electron chi connectivity index (χ1n) is 8.15. The minimum Gasteiger partial charge on any atom is -0.482 e. The number of carbonyl (C=O) groups is 1. The van der Waals surface area contributed by atoms with Crippen LogP contribution in [0.3, 0.4) is 0 Å². The molecule has 2 saturated carbocycles. The Bertz CT molecular complexity index is 574. The highest BCUT2D eigenvalue weighted by Gasteiger charge is 2.39. The van der Waals surface area contributed by atoms with E-state index >= 15 is 0 Å². The molecular weight excluding hydrogens is 354 g/mol. The summed E-state index contributed by atoms with van der Waals surface area (Å²) in [6.07, 6.45) is 5.42. The summed E-state index contributed by atoms with van der Waals surface area (Å²) in [6, 6.07) is 4.31. The monoisotopic (exact) mass is 376 g/mol. The second-order valence-corrected chi connectivity index (χ2v) is 7.05. The van der Waals surface area contributed by atoms with Crippen molar-refractivity contribution in [3.8, 4) is 5.75 Å². The lowest BCUT2D eigenvalue weighted by Crippen LogP contribution is -2.54. The maximum absolute atomic E-state index is 13.0. The zero-order chi connectivity index (χ0) is 16.4. The number of rotatable bonds is 4. The molecule has 2 bridgehead atoms. The van der Waals surface area contributed by atoms with Crippen LogP contribution in [0.5, 0.6) is 5.75 Å². The number of amides is 1.